The average molecular weight is 265 g/mol. The average Bonchev–Trinajstić information content (AvgIpc) is 2.93. The van der Waals surface area contributed by atoms with Crippen LogP contribution in [0.3, 0.4) is 0 Å². The van der Waals surface area contributed by atoms with Crippen molar-refractivity contribution < 1.29 is 0 Å². The molecule has 3 rings (SSSR count). The fraction of sp³-hybridized carbons (Fsp3) is 0.267. The molecule has 100 valence electrons. The molecule has 0 saturated heterocycles. The molecule has 2 atom stereocenters. The highest BCUT2D eigenvalue weighted by molar-refractivity contribution is 5.69. The van der Waals surface area contributed by atoms with Crippen molar-refractivity contribution in [1.29, 1.82) is 5.26 Å². The molecule has 5 nitrogen and oxygen atoms in total. The number of rotatable bonds is 2. The molecule has 20 heavy (non-hydrogen) atoms. The van der Waals surface area contributed by atoms with Gasteiger partial charge in [-0.2, -0.15) is 10.4 Å². The standard InChI is InChI=1S/C15H15N5/c16-9-14-8-15(11-2-1-7-18-10-11)19-20(14)13-5-3-12(17)4-6-13/h1,3-5,7-8,10-11,13H,2,6,17H2. The van der Waals surface area contributed by atoms with Crippen LogP contribution in [-0.4, -0.2) is 16.0 Å². The predicted octanol–water partition coefficient (Wildman–Crippen LogP) is 2.17. The molecular formula is C15H15N5. The number of nitriles is 1. The molecule has 0 saturated carbocycles. The Hall–Kier alpha value is -2.61. The molecule has 0 radical (unpaired) electrons. The maximum absolute atomic E-state index is 9.29. The van der Waals surface area contributed by atoms with Gasteiger partial charge in [-0.05, 0) is 25.0 Å². The summed E-state index contributed by atoms with van der Waals surface area (Å²) in [5.41, 5.74) is 7.95. The van der Waals surface area contributed by atoms with Crippen molar-refractivity contribution in [1.82, 2.24) is 9.78 Å². The van der Waals surface area contributed by atoms with Crippen LogP contribution >= 0.6 is 0 Å². The highest BCUT2D eigenvalue weighted by Gasteiger charge is 2.20. The topological polar surface area (TPSA) is 80.0 Å². The van der Waals surface area contributed by atoms with E-state index < -0.39 is 0 Å². The van der Waals surface area contributed by atoms with Gasteiger partial charge in [-0.25, -0.2) is 4.68 Å². The van der Waals surface area contributed by atoms with E-state index >= 15 is 0 Å². The quantitative estimate of drug-likeness (QED) is 0.889. The van der Waals surface area contributed by atoms with Crippen LogP contribution in [0.25, 0.3) is 0 Å². The van der Waals surface area contributed by atoms with E-state index in [2.05, 4.69) is 16.2 Å². The molecule has 5 heteroatoms. The number of nitrogens with zero attached hydrogens (tertiary/aromatic N) is 4. The van der Waals surface area contributed by atoms with Gasteiger partial charge in [0.1, 0.15) is 11.8 Å². The first-order valence-electron chi connectivity index (χ1n) is 6.59. The van der Waals surface area contributed by atoms with Crippen LogP contribution in [0.2, 0.25) is 0 Å². The minimum Gasteiger partial charge on any atom is -0.399 e. The van der Waals surface area contributed by atoms with E-state index in [1.165, 1.54) is 0 Å². The van der Waals surface area contributed by atoms with Crippen LogP contribution in [0.15, 0.2) is 47.3 Å². The van der Waals surface area contributed by atoms with E-state index in [1.807, 2.05) is 36.6 Å². The predicted molar refractivity (Wildman–Crippen MR) is 77.0 cm³/mol. The molecule has 1 aliphatic carbocycles. The Morgan fingerprint density at radius 2 is 2.30 bits per heavy atom. The van der Waals surface area contributed by atoms with E-state index in [1.54, 1.807) is 10.9 Å². The van der Waals surface area contributed by atoms with Crippen molar-refractivity contribution in [3.05, 3.63) is 53.7 Å². The molecule has 1 aromatic rings. The minimum atomic E-state index is 0.0572. The molecule has 2 aliphatic rings. The minimum absolute atomic E-state index is 0.0572. The lowest BCUT2D eigenvalue weighted by molar-refractivity contribution is 0.526. The van der Waals surface area contributed by atoms with E-state index in [0.29, 0.717) is 5.69 Å². The smallest absolute Gasteiger partial charge is 0.139 e. The molecule has 0 spiro atoms. The van der Waals surface area contributed by atoms with Gasteiger partial charge in [0, 0.05) is 24.0 Å². The Morgan fingerprint density at radius 1 is 1.40 bits per heavy atom. The zero-order valence-corrected chi connectivity index (χ0v) is 11.0. The number of hydrogen-bond donors (Lipinski definition) is 1. The Kier molecular flexibility index (Phi) is 3.21. The van der Waals surface area contributed by atoms with Gasteiger partial charge < -0.3 is 5.73 Å². The summed E-state index contributed by atoms with van der Waals surface area (Å²) in [4.78, 5) is 4.14. The summed E-state index contributed by atoms with van der Waals surface area (Å²) in [5.74, 6) is 0.154. The van der Waals surface area contributed by atoms with Gasteiger partial charge in [0.25, 0.3) is 0 Å². The van der Waals surface area contributed by atoms with Crippen molar-refractivity contribution in [2.45, 2.75) is 24.8 Å². The Bertz CT molecular complexity index is 669. The van der Waals surface area contributed by atoms with Gasteiger partial charge in [-0.3, -0.25) is 4.99 Å². The number of allylic oxidation sites excluding steroid dienone is 4. The summed E-state index contributed by atoms with van der Waals surface area (Å²) in [6, 6.07) is 4.13. The third-order valence-electron chi connectivity index (χ3n) is 3.52. The number of aromatic nitrogens is 2. The second-order valence-corrected chi connectivity index (χ2v) is 4.90. The third kappa shape index (κ3) is 2.28. The molecule has 1 aromatic heterocycles. The van der Waals surface area contributed by atoms with Gasteiger partial charge in [0.05, 0.1) is 11.7 Å². The molecular weight excluding hydrogens is 250 g/mol. The zero-order chi connectivity index (χ0) is 13.9. The van der Waals surface area contributed by atoms with Crippen molar-refractivity contribution in [3.63, 3.8) is 0 Å². The van der Waals surface area contributed by atoms with Gasteiger partial charge >= 0.3 is 0 Å². The highest BCUT2D eigenvalue weighted by atomic mass is 15.3. The lowest BCUT2D eigenvalue weighted by Gasteiger charge is -2.16. The first-order chi connectivity index (χ1) is 9.78. The first-order valence-corrected chi connectivity index (χ1v) is 6.59. The van der Waals surface area contributed by atoms with Crippen molar-refractivity contribution in [2.75, 3.05) is 0 Å². The molecule has 1 aliphatic heterocycles. The molecule has 0 amide bonds. The second kappa shape index (κ2) is 5.17. The Labute approximate surface area is 117 Å². The molecule has 2 N–H and O–H groups in total. The second-order valence-electron chi connectivity index (χ2n) is 4.90. The van der Waals surface area contributed by atoms with Crippen LogP contribution in [0, 0.1) is 11.3 Å². The summed E-state index contributed by atoms with van der Waals surface area (Å²) in [6.45, 7) is 0. The largest absolute Gasteiger partial charge is 0.399 e. The van der Waals surface area contributed by atoms with Crippen molar-refractivity contribution >= 4 is 6.21 Å². The lowest BCUT2D eigenvalue weighted by atomic mass is 10.0. The summed E-state index contributed by atoms with van der Waals surface area (Å²) in [7, 11) is 0. The molecule has 0 fully saturated rings. The number of hydrogen-bond acceptors (Lipinski definition) is 4. The van der Waals surface area contributed by atoms with E-state index in [9.17, 15) is 5.26 Å². The van der Waals surface area contributed by atoms with E-state index in [-0.39, 0.29) is 12.0 Å². The van der Waals surface area contributed by atoms with Crippen LogP contribution in [-0.2, 0) is 0 Å². The normalized spacial score (nSPS) is 24.4. The Balaban J connectivity index is 1.90. The van der Waals surface area contributed by atoms with E-state index in [4.69, 9.17) is 5.73 Å². The van der Waals surface area contributed by atoms with Crippen LogP contribution < -0.4 is 5.73 Å². The Morgan fingerprint density at radius 3 is 2.95 bits per heavy atom. The summed E-state index contributed by atoms with van der Waals surface area (Å²) in [6.07, 6.45) is 13.1. The van der Waals surface area contributed by atoms with Crippen LogP contribution in [0.5, 0.6) is 0 Å². The van der Waals surface area contributed by atoms with Crippen LogP contribution in [0.4, 0.5) is 0 Å². The highest BCUT2D eigenvalue weighted by Crippen LogP contribution is 2.25. The maximum Gasteiger partial charge on any atom is 0.139 e. The van der Waals surface area contributed by atoms with Crippen molar-refractivity contribution in [2.24, 2.45) is 10.7 Å². The van der Waals surface area contributed by atoms with Gasteiger partial charge in [0.2, 0.25) is 0 Å². The number of aliphatic imine (C=N–C) groups is 1. The SMILES string of the molecule is N#Cc1cc(C2C=NC=CC2)nn1C1C=CC(N)=CC1. The fourth-order valence-corrected chi connectivity index (χ4v) is 2.42. The van der Waals surface area contributed by atoms with Crippen LogP contribution in [0.1, 0.15) is 36.2 Å². The third-order valence-corrected chi connectivity index (χ3v) is 3.52. The van der Waals surface area contributed by atoms with Gasteiger partial charge in [-0.1, -0.05) is 18.2 Å². The van der Waals surface area contributed by atoms with Gasteiger partial charge in [-0.15, -0.1) is 0 Å². The van der Waals surface area contributed by atoms with E-state index in [0.717, 1.165) is 24.2 Å². The van der Waals surface area contributed by atoms with Gasteiger partial charge in [0.15, 0.2) is 0 Å². The summed E-state index contributed by atoms with van der Waals surface area (Å²) < 4.78 is 1.78. The number of nitrogens with two attached hydrogens (primary N) is 1. The summed E-state index contributed by atoms with van der Waals surface area (Å²) in [5, 5.41) is 13.9. The molecule has 0 bridgehead atoms. The zero-order valence-electron chi connectivity index (χ0n) is 11.0. The summed E-state index contributed by atoms with van der Waals surface area (Å²) >= 11 is 0. The first kappa shape index (κ1) is 12.4. The molecule has 0 aromatic carbocycles. The lowest BCUT2D eigenvalue weighted by Crippen LogP contribution is -2.14. The molecule has 2 unspecified atom stereocenters. The van der Waals surface area contributed by atoms with Crippen molar-refractivity contribution in [3.8, 4) is 6.07 Å². The fourth-order valence-electron chi connectivity index (χ4n) is 2.42. The monoisotopic (exact) mass is 265 g/mol. The maximum atomic E-state index is 9.29. The molecule has 2 heterocycles.